The average molecular weight is 448 g/mol. The average Bonchev–Trinajstić information content (AvgIpc) is 3.28. The molecule has 6 nitrogen and oxygen atoms in total. The highest BCUT2D eigenvalue weighted by Crippen LogP contribution is 2.31. The van der Waals surface area contributed by atoms with E-state index in [0.717, 1.165) is 47.3 Å². The quantitative estimate of drug-likeness (QED) is 0.359. The molecule has 2 aromatic carbocycles. The molecule has 0 bridgehead atoms. The van der Waals surface area contributed by atoms with Gasteiger partial charge in [-0.25, -0.2) is 9.98 Å². The fourth-order valence-corrected chi connectivity index (χ4v) is 4.63. The number of rotatable bonds is 8. The first kappa shape index (κ1) is 22.0. The number of fused-ring (bicyclic) bond motifs is 1. The van der Waals surface area contributed by atoms with Crippen LogP contribution in [-0.2, 0) is 24.2 Å². The van der Waals surface area contributed by atoms with Crippen LogP contribution in [0.25, 0.3) is 0 Å². The molecule has 1 unspecified atom stereocenters. The Morgan fingerprint density at radius 1 is 1.12 bits per heavy atom. The van der Waals surface area contributed by atoms with Crippen molar-refractivity contribution in [2.24, 2.45) is 4.99 Å². The Hall–Kier alpha value is -3.19. The number of carbonyl (C=O) groups excluding carboxylic acids is 1. The molecule has 0 fully saturated rings. The molecule has 0 radical (unpaired) electrons. The van der Waals surface area contributed by atoms with Gasteiger partial charge in [-0.1, -0.05) is 48.5 Å². The maximum Gasteiger partial charge on any atom is 0.225 e. The second kappa shape index (κ2) is 10.9. The smallest absolute Gasteiger partial charge is 0.225 e. The Balaban J connectivity index is 1.34. The van der Waals surface area contributed by atoms with Gasteiger partial charge in [0.05, 0.1) is 17.2 Å². The molecule has 0 aliphatic carbocycles. The zero-order valence-electron chi connectivity index (χ0n) is 18.3. The Bertz CT molecular complexity index is 1060. The van der Waals surface area contributed by atoms with Gasteiger partial charge in [0.25, 0.3) is 0 Å². The van der Waals surface area contributed by atoms with Gasteiger partial charge in [0, 0.05) is 42.9 Å². The minimum Gasteiger partial charge on any atom is -0.357 e. The first-order valence-corrected chi connectivity index (χ1v) is 12.0. The number of carbonyl (C=O) groups is 1. The fourth-order valence-electron chi connectivity index (χ4n) is 3.84. The van der Waals surface area contributed by atoms with Gasteiger partial charge in [0.2, 0.25) is 5.91 Å². The molecule has 1 atom stereocenters. The number of para-hydroxylation sites is 1. The second-order valence-corrected chi connectivity index (χ2v) is 8.77. The molecule has 1 amide bonds. The monoisotopic (exact) mass is 447 g/mol. The zero-order chi connectivity index (χ0) is 22.2. The van der Waals surface area contributed by atoms with E-state index in [1.54, 1.807) is 11.3 Å². The van der Waals surface area contributed by atoms with Crippen molar-refractivity contribution in [2.45, 2.75) is 38.6 Å². The molecule has 1 aromatic heterocycles. The highest BCUT2D eigenvalue weighted by atomic mass is 32.1. The summed E-state index contributed by atoms with van der Waals surface area (Å²) in [5.41, 5.74) is 4.39. The van der Waals surface area contributed by atoms with Crippen LogP contribution in [0.4, 0.5) is 5.69 Å². The zero-order valence-corrected chi connectivity index (χ0v) is 19.1. The molecule has 0 saturated carbocycles. The largest absolute Gasteiger partial charge is 0.357 e. The van der Waals surface area contributed by atoms with E-state index < -0.39 is 0 Å². The number of aromatic nitrogens is 1. The lowest BCUT2D eigenvalue weighted by Gasteiger charge is -2.26. The summed E-state index contributed by atoms with van der Waals surface area (Å²) in [6.45, 7) is 3.99. The molecule has 3 aromatic rings. The molecule has 3 N–H and O–H groups in total. The van der Waals surface area contributed by atoms with Crippen LogP contribution < -0.4 is 16.0 Å². The number of aliphatic imine (C=N–C) groups is 1. The minimum absolute atomic E-state index is 0.0583. The van der Waals surface area contributed by atoms with Gasteiger partial charge < -0.3 is 16.0 Å². The molecule has 0 spiro atoms. The third-order valence-corrected chi connectivity index (χ3v) is 6.39. The SMILES string of the molecule is CCNC(=NCc1csc(CCc2ccccc2)n1)NCC1CC(=O)Nc2ccccc21. The molecule has 32 heavy (non-hydrogen) atoms. The van der Waals surface area contributed by atoms with Crippen LogP contribution in [0.5, 0.6) is 0 Å². The lowest BCUT2D eigenvalue weighted by molar-refractivity contribution is -0.116. The van der Waals surface area contributed by atoms with E-state index in [1.807, 2.05) is 31.2 Å². The van der Waals surface area contributed by atoms with E-state index in [9.17, 15) is 4.79 Å². The van der Waals surface area contributed by atoms with Gasteiger partial charge in [0.1, 0.15) is 0 Å². The number of benzene rings is 2. The van der Waals surface area contributed by atoms with Crippen molar-refractivity contribution in [1.82, 2.24) is 15.6 Å². The number of hydrogen-bond acceptors (Lipinski definition) is 4. The molecule has 7 heteroatoms. The second-order valence-electron chi connectivity index (χ2n) is 7.83. The summed E-state index contributed by atoms with van der Waals surface area (Å²) in [6, 6.07) is 18.5. The molecule has 0 saturated heterocycles. The summed E-state index contributed by atoms with van der Waals surface area (Å²) >= 11 is 1.70. The predicted octanol–water partition coefficient (Wildman–Crippen LogP) is 4.11. The van der Waals surface area contributed by atoms with Crippen molar-refractivity contribution in [3.8, 4) is 0 Å². The number of thiazole rings is 1. The molecule has 166 valence electrons. The normalized spacial score (nSPS) is 15.7. The number of aryl methyl sites for hydroxylation is 2. The molecule has 1 aliphatic rings. The predicted molar refractivity (Wildman–Crippen MR) is 131 cm³/mol. The third-order valence-electron chi connectivity index (χ3n) is 5.44. The first-order chi connectivity index (χ1) is 15.7. The van der Waals surface area contributed by atoms with Crippen LogP contribution in [0.15, 0.2) is 65.0 Å². The molecule has 1 aliphatic heterocycles. The van der Waals surface area contributed by atoms with E-state index in [2.05, 4.69) is 51.7 Å². The van der Waals surface area contributed by atoms with Crippen LogP contribution in [0, 0.1) is 0 Å². The van der Waals surface area contributed by atoms with Crippen LogP contribution >= 0.6 is 11.3 Å². The Kier molecular flexibility index (Phi) is 7.51. The molecular formula is C25H29N5OS. The van der Waals surface area contributed by atoms with Crippen molar-refractivity contribution in [3.63, 3.8) is 0 Å². The lowest BCUT2D eigenvalue weighted by atomic mass is 9.90. The van der Waals surface area contributed by atoms with Gasteiger partial charge in [-0.05, 0) is 30.5 Å². The van der Waals surface area contributed by atoms with Crippen LogP contribution in [0.1, 0.15) is 41.1 Å². The topological polar surface area (TPSA) is 78.4 Å². The number of anilines is 1. The highest BCUT2D eigenvalue weighted by Gasteiger charge is 2.24. The Labute approximate surface area is 193 Å². The van der Waals surface area contributed by atoms with E-state index in [1.165, 1.54) is 5.56 Å². The van der Waals surface area contributed by atoms with Gasteiger partial charge in [-0.2, -0.15) is 0 Å². The first-order valence-electron chi connectivity index (χ1n) is 11.1. The Morgan fingerprint density at radius 2 is 1.94 bits per heavy atom. The summed E-state index contributed by atoms with van der Waals surface area (Å²) in [4.78, 5) is 21.5. The molecular weight excluding hydrogens is 418 g/mol. The fraction of sp³-hybridized carbons (Fsp3) is 0.320. The number of hydrogen-bond donors (Lipinski definition) is 3. The number of guanidine groups is 1. The van der Waals surface area contributed by atoms with Gasteiger partial charge in [-0.3, -0.25) is 4.79 Å². The van der Waals surface area contributed by atoms with Crippen molar-refractivity contribution in [2.75, 3.05) is 18.4 Å². The van der Waals surface area contributed by atoms with Crippen molar-refractivity contribution < 1.29 is 4.79 Å². The molecule has 2 heterocycles. The summed E-state index contributed by atoms with van der Waals surface area (Å²) in [5.74, 6) is 0.922. The maximum atomic E-state index is 12.1. The summed E-state index contributed by atoms with van der Waals surface area (Å²) in [5, 5.41) is 12.9. The van der Waals surface area contributed by atoms with E-state index in [0.29, 0.717) is 19.5 Å². The van der Waals surface area contributed by atoms with Gasteiger partial charge in [0.15, 0.2) is 5.96 Å². The van der Waals surface area contributed by atoms with Crippen LogP contribution in [-0.4, -0.2) is 29.9 Å². The lowest BCUT2D eigenvalue weighted by Crippen LogP contribution is -2.40. The summed E-state index contributed by atoms with van der Waals surface area (Å²) in [7, 11) is 0. The van der Waals surface area contributed by atoms with Crippen LogP contribution in [0.2, 0.25) is 0 Å². The van der Waals surface area contributed by atoms with Crippen molar-refractivity contribution in [1.29, 1.82) is 0 Å². The highest BCUT2D eigenvalue weighted by molar-refractivity contribution is 7.09. The van der Waals surface area contributed by atoms with E-state index in [4.69, 9.17) is 9.98 Å². The molecule has 4 rings (SSSR count). The van der Waals surface area contributed by atoms with E-state index >= 15 is 0 Å². The van der Waals surface area contributed by atoms with E-state index in [-0.39, 0.29) is 11.8 Å². The number of nitrogens with one attached hydrogen (secondary N) is 3. The summed E-state index contributed by atoms with van der Waals surface area (Å²) in [6.07, 6.45) is 2.41. The minimum atomic E-state index is 0.0583. The summed E-state index contributed by atoms with van der Waals surface area (Å²) < 4.78 is 0. The third kappa shape index (κ3) is 5.95. The van der Waals surface area contributed by atoms with Crippen molar-refractivity contribution >= 4 is 28.9 Å². The number of amides is 1. The maximum absolute atomic E-state index is 12.1. The number of nitrogens with zero attached hydrogens (tertiary/aromatic N) is 2. The van der Waals surface area contributed by atoms with Crippen LogP contribution in [0.3, 0.4) is 0 Å². The van der Waals surface area contributed by atoms with Gasteiger partial charge in [-0.15, -0.1) is 11.3 Å². The Morgan fingerprint density at radius 3 is 2.78 bits per heavy atom. The van der Waals surface area contributed by atoms with Gasteiger partial charge >= 0.3 is 0 Å². The van der Waals surface area contributed by atoms with Crippen molar-refractivity contribution in [3.05, 3.63) is 81.8 Å². The standard InChI is InChI=1S/C25H29N5OS/c1-2-26-25(27-15-19-14-23(31)30-22-11-7-6-10-21(19)22)28-16-20-17-32-24(29-20)13-12-18-8-4-3-5-9-18/h3-11,17,19H,2,12-16H2,1H3,(H,30,31)(H2,26,27,28).